The van der Waals surface area contributed by atoms with Gasteiger partial charge in [-0.05, 0) is 55.7 Å². The molecule has 1 heterocycles. The molecule has 0 unspecified atom stereocenters. The minimum Gasteiger partial charge on any atom is -0.335 e. The fourth-order valence-electron chi connectivity index (χ4n) is 3.02. The van der Waals surface area contributed by atoms with E-state index in [4.69, 9.17) is 0 Å². The molecule has 148 valence electrons. The van der Waals surface area contributed by atoms with E-state index in [9.17, 15) is 9.59 Å². The number of amides is 2. The monoisotopic (exact) mass is 387 g/mol. The van der Waals surface area contributed by atoms with E-state index >= 15 is 0 Å². The zero-order chi connectivity index (χ0) is 20.8. The Morgan fingerprint density at radius 3 is 2.34 bits per heavy atom. The number of rotatable bonds is 6. The van der Waals surface area contributed by atoms with Gasteiger partial charge in [0.25, 0.3) is 11.8 Å². The molecule has 0 aliphatic rings. The first-order chi connectivity index (χ1) is 14.0. The van der Waals surface area contributed by atoms with E-state index in [2.05, 4.69) is 10.3 Å². The highest BCUT2D eigenvalue weighted by atomic mass is 16.2. The lowest BCUT2D eigenvalue weighted by molar-refractivity contribution is 0.0752. The van der Waals surface area contributed by atoms with Crippen molar-refractivity contribution in [1.82, 2.24) is 9.88 Å². The average molecular weight is 387 g/mol. The molecule has 1 N–H and O–H groups in total. The fraction of sp³-hybridized carbons (Fsp3) is 0.208. The van der Waals surface area contributed by atoms with Crippen molar-refractivity contribution in [1.29, 1.82) is 0 Å². The molecule has 0 bridgehead atoms. The maximum Gasteiger partial charge on any atom is 0.257 e. The third-order valence-electron chi connectivity index (χ3n) is 4.90. The van der Waals surface area contributed by atoms with E-state index in [1.54, 1.807) is 11.0 Å². The Kier molecular flexibility index (Phi) is 6.39. The van der Waals surface area contributed by atoms with Crippen LogP contribution in [0.15, 0.2) is 67.0 Å². The fourth-order valence-corrected chi connectivity index (χ4v) is 3.02. The molecule has 0 aliphatic carbocycles. The van der Waals surface area contributed by atoms with Crippen LogP contribution in [0, 0.1) is 13.8 Å². The van der Waals surface area contributed by atoms with Gasteiger partial charge < -0.3 is 10.2 Å². The molecule has 1 aromatic heterocycles. The Bertz CT molecular complexity index is 1020. The first-order valence-electron chi connectivity index (χ1n) is 9.64. The molecule has 5 nitrogen and oxygen atoms in total. The Balaban J connectivity index is 1.75. The molecule has 3 rings (SSSR count). The molecule has 29 heavy (non-hydrogen) atoms. The number of nitrogens with zero attached hydrogens (tertiary/aromatic N) is 2. The molecular weight excluding hydrogens is 362 g/mol. The van der Waals surface area contributed by atoms with E-state index in [1.807, 2.05) is 69.3 Å². The number of aromatic nitrogens is 1. The van der Waals surface area contributed by atoms with Gasteiger partial charge in [0.15, 0.2) is 0 Å². The number of aryl methyl sites for hydroxylation is 2. The van der Waals surface area contributed by atoms with Crippen molar-refractivity contribution < 1.29 is 9.59 Å². The van der Waals surface area contributed by atoms with Gasteiger partial charge in [0.2, 0.25) is 0 Å². The minimum absolute atomic E-state index is 0.148. The molecule has 0 fully saturated rings. The van der Waals surface area contributed by atoms with Gasteiger partial charge in [0.1, 0.15) is 0 Å². The van der Waals surface area contributed by atoms with Gasteiger partial charge in [-0.3, -0.25) is 14.6 Å². The normalized spacial score (nSPS) is 10.4. The summed E-state index contributed by atoms with van der Waals surface area (Å²) in [6.07, 6.45) is 2.98. The number of carbonyl (C=O) groups is 2. The van der Waals surface area contributed by atoms with E-state index < -0.39 is 0 Å². The number of hydrogen-bond acceptors (Lipinski definition) is 3. The number of carbonyl (C=O) groups excluding carboxylic acids is 2. The summed E-state index contributed by atoms with van der Waals surface area (Å²) in [5.74, 6) is -0.439. The van der Waals surface area contributed by atoms with Crippen LogP contribution in [0.5, 0.6) is 0 Å². The molecule has 0 atom stereocenters. The molecule has 5 heteroatoms. The van der Waals surface area contributed by atoms with Crippen LogP contribution in [-0.2, 0) is 6.54 Å². The van der Waals surface area contributed by atoms with Gasteiger partial charge >= 0.3 is 0 Å². The predicted octanol–water partition coefficient (Wildman–Crippen LogP) is 4.61. The van der Waals surface area contributed by atoms with Crippen LogP contribution in [-0.4, -0.2) is 28.2 Å². The summed E-state index contributed by atoms with van der Waals surface area (Å²) >= 11 is 0. The Labute approximate surface area is 171 Å². The first kappa shape index (κ1) is 20.3. The lowest BCUT2D eigenvalue weighted by Gasteiger charge is -2.21. The van der Waals surface area contributed by atoms with Crippen molar-refractivity contribution in [2.75, 3.05) is 11.9 Å². The van der Waals surface area contributed by atoms with Crippen molar-refractivity contribution in [2.24, 2.45) is 0 Å². The standard InChI is InChI=1S/C24H25N3O2/c1-4-27(16-19-8-6-5-7-9-19)24(29)21-13-20(14-25-15-21)23(28)26-22-11-10-17(2)18(3)12-22/h5-15H,4,16H2,1-3H3,(H,26,28). The van der Waals surface area contributed by atoms with Crippen LogP contribution in [0.3, 0.4) is 0 Å². The van der Waals surface area contributed by atoms with Crippen LogP contribution >= 0.6 is 0 Å². The quantitative estimate of drug-likeness (QED) is 0.672. The van der Waals surface area contributed by atoms with Crippen molar-refractivity contribution in [3.8, 4) is 0 Å². The Hall–Kier alpha value is -3.47. The summed E-state index contributed by atoms with van der Waals surface area (Å²) in [4.78, 5) is 31.4. The van der Waals surface area contributed by atoms with Gasteiger partial charge in [-0.25, -0.2) is 0 Å². The molecule has 0 spiro atoms. The third kappa shape index (κ3) is 5.08. The number of pyridine rings is 1. The van der Waals surface area contributed by atoms with Gasteiger partial charge in [0.05, 0.1) is 11.1 Å². The molecule has 3 aromatic rings. The summed E-state index contributed by atoms with van der Waals surface area (Å²) in [6, 6.07) is 17.2. The SMILES string of the molecule is CCN(Cc1ccccc1)C(=O)c1cncc(C(=O)Nc2ccc(C)c(C)c2)c1. The predicted molar refractivity (Wildman–Crippen MR) is 115 cm³/mol. The van der Waals surface area contributed by atoms with Gasteiger partial charge in [-0.2, -0.15) is 0 Å². The molecule has 0 saturated heterocycles. The van der Waals surface area contributed by atoms with Crippen LogP contribution in [0.25, 0.3) is 0 Å². The number of hydrogen-bond donors (Lipinski definition) is 1. The maximum absolute atomic E-state index is 12.9. The zero-order valence-corrected chi connectivity index (χ0v) is 17.0. The average Bonchev–Trinajstić information content (AvgIpc) is 2.75. The van der Waals surface area contributed by atoms with E-state index in [-0.39, 0.29) is 11.8 Å². The lowest BCUT2D eigenvalue weighted by atomic mass is 10.1. The van der Waals surface area contributed by atoms with Crippen LogP contribution in [0.4, 0.5) is 5.69 Å². The number of anilines is 1. The van der Waals surface area contributed by atoms with Crippen molar-refractivity contribution >= 4 is 17.5 Å². The molecule has 0 radical (unpaired) electrons. The first-order valence-corrected chi connectivity index (χ1v) is 9.64. The second-order valence-corrected chi connectivity index (χ2v) is 7.02. The molecule has 0 aliphatic heterocycles. The highest BCUT2D eigenvalue weighted by Gasteiger charge is 2.17. The largest absolute Gasteiger partial charge is 0.335 e. The van der Waals surface area contributed by atoms with Crippen LogP contribution < -0.4 is 5.32 Å². The summed E-state index contributed by atoms with van der Waals surface area (Å²) in [7, 11) is 0. The van der Waals surface area contributed by atoms with Crippen LogP contribution in [0.1, 0.15) is 44.3 Å². The van der Waals surface area contributed by atoms with E-state index in [1.165, 1.54) is 12.4 Å². The highest BCUT2D eigenvalue weighted by molar-refractivity contribution is 6.05. The Morgan fingerprint density at radius 1 is 0.931 bits per heavy atom. The zero-order valence-electron chi connectivity index (χ0n) is 17.0. The minimum atomic E-state index is -0.290. The van der Waals surface area contributed by atoms with Crippen molar-refractivity contribution in [3.05, 3.63) is 94.8 Å². The summed E-state index contributed by atoms with van der Waals surface area (Å²) in [5, 5.41) is 2.87. The second kappa shape index (κ2) is 9.15. The van der Waals surface area contributed by atoms with Gasteiger partial charge in [-0.15, -0.1) is 0 Å². The van der Waals surface area contributed by atoms with E-state index in [0.717, 1.165) is 16.7 Å². The Morgan fingerprint density at radius 2 is 1.66 bits per heavy atom. The second-order valence-electron chi connectivity index (χ2n) is 7.02. The number of benzene rings is 2. The summed E-state index contributed by atoms with van der Waals surface area (Å²) < 4.78 is 0. The van der Waals surface area contributed by atoms with E-state index in [0.29, 0.717) is 29.9 Å². The van der Waals surface area contributed by atoms with Crippen molar-refractivity contribution in [3.63, 3.8) is 0 Å². The van der Waals surface area contributed by atoms with Crippen molar-refractivity contribution in [2.45, 2.75) is 27.3 Å². The maximum atomic E-state index is 12.9. The van der Waals surface area contributed by atoms with Gasteiger partial charge in [-0.1, -0.05) is 36.4 Å². The summed E-state index contributed by atoms with van der Waals surface area (Å²) in [5.41, 5.74) is 4.79. The summed E-state index contributed by atoms with van der Waals surface area (Å²) in [6.45, 7) is 7.03. The highest BCUT2D eigenvalue weighted by Crippen LogP contribution is 2.16. The van der Waals surface area contributed by atoms with Crippen LogP contribution in [0.2, 0.25) is 0 Å². The molecule has 2 amide bonds. The third-order valence-corrected chi connectivity index (χ3v) is 4.90. The number of nitrogens with one attached hydrogen (secondary N) is 1. The molecular formula is C24H25N3O2. The molecule has 2 aromatic carbocycles. The molecule has 0 saturated carbocycles. The topological polar surface area (TPSA) is 62.3 Å². The smallest absolute Gasteiger partial charge is 0.257 e. The van der Waals surface area contributed by atoms with Gasteiger partial charge in [0, 0.05) is 31.2 Å². The lowest BCUT2D eigenvalue weighted by Crippen LogP contribution is -2.30.